The van der Waals surface area contributed by atoms with E-state index in [9.17, 15) is 4.79 Å². The molecule has 0 bridgehead atoms. The number of hydrazone groups is 1. The van der Waals surface area contributed by atoms with Gasteiger partial charge in [-0.1, -0.05) is 0 Å². The van der Waals surface area contributed by atoms with Crippen LogP contribution in [0.2, 0.25) is 0 Å². The van der Waals surface area contributed by atoms with Crippen LogP contribution in [0, 0.1) is 69.6 Å². The minimum atomic E-state index is 0. The van der Waals surface area contributed by atoms with E-state index in [1.54, 1.807) is 20.1 Å². The molecular weight excluding hydrogens is 440 g/mol. The number of fused-ring (bicyclic) bond motifs is 3. The standard InChI is InChI=1S/C22H23N2O2.C5H5.Fe/c1-14(12-15(2)25)24-22(16-6-4-5-7-16)20-10-8-17-13-18(26-3)9-11-19(17)21(20)23-24;1-2-4-5-3-1;/h4-7,9,11-13,20,22H,8,10H2,1-3H3;1-5H;/q;;+2/b14-12+;;. The molecule has 2 fully saturated rings. The molecule has 4 aliphatic rings. The van der Waals surface area contributed by atoms with Crippen LogP contribution in [0.5, 0.6) is 5.75 Å². The van der Waals surface area contributed by atoms with Crippen molar-refractivity contribution >= 4 is 11.5 Å². The number of hydrogen-bond donors (Lipinski definition) is 0. The molecule has 5 heteroatoms. The van der Waals surface area contributed by atoms with Crippen molar-refractivity contribution in [3.05, 3.63) is 105 Å². The van der Waals surface area contributed by atoms with Gasteiger partial charge in [0.15, 0.2) is 5.78 Å². The Hall–Kier alpha value is -1.58. The number of carbonyl (C=O) groups excluding carboxylic acids is 1. The number of aryl methyl sites for hydroxylation is 1. The number of carbonyl (C=O) groups is 1. The maximum atomic E-state index is 11.6. The van der Waals surface area contributed by atoms with Crippen LogP contribution in [-0.4, -0.2) is 29.7 Å². The molecule has 1 heterocycles. The normalized spacial score (nSPS) is 24.7. The zero-order valence-electron chi connectivity index (χ0n) is 18.6. The van der Waals surface area contributed by atoms with Gasteiger partial charge in [-0.2, -0.15) is 5.10 Å². The summed E-state index contributed by atoms with van der Waals surface area (Å²) in [5.41, 5.74) is 4.50. The van der Waals surface area contributed by atoms with Crippen LogP contribution in [0.4, 0.5) is 0 Å². The fraction of sp³-hybridized carbons (Fsp3) is 0.259. The Labute approximate surface area is 204 Å². The maximum absolute atomic E-state index is 11.6. The van der Waals surface area contributed by atoms with E-state index >= 15 is 0 Å². The topological polar surface area (TPSA) is 41.9 Å². The molecule has 10 radical (unpaired) electrons. The minimum absolute atomic E-state index is 0. The molecule has 4 nitrogen and oxygen atoms in total. The molecule has 1 aromatic carbocycles. The minimum Gasteiger partial charge on any atom is -0.497 e. The number of rotatable bonds is 4. The number of nitrogens with zero attached hydrogens (tertiary/aromatic N) is 2. The van der Waals surface area contributed by atoms with Gasteiger partial charge in [-0.15, -0.1) is 0 Å². The Kier molecular flexibility index (Phi) is 9.02. The molecule has 0 saturated heterocycles. The van der Waals surface area contributed by atoms with Gasteiger partial charge in [0.25, 0.3) is 0 Å². The number of ether oxygens (including phenoxy) is 1. The van der Waals surface area contributed by atoms with E-state index in [0.29, 0.717) is 5.92 Å². The number of methoxy groups -OCH3 is 1. The maximum Gasteiger partial charge on any atom is 2.00 e. The Bertz CT molecular complexity index is 846. The third-order valence-electron chi connectivity index (χ3n) is 5.88. The molecule has 2 saturated carbocycles. The van der Waals surface area contributed by atoms with Crippen molar-refractivity contribution < 1.29 is 26.6 Å². The van der Waals surface area contributed by atoms with Crippen LogP contribution in [0.15, 0.2) is 35.1 Å². The van der Waals surface area contributed by atoms with Gasteiger partial charge < -0.3 is 4.74 Å². The number of hydrogen-bond acceptors (Lipinski definition) is 4. The summed E-state index contributed by atoms with van der Waals surface area (Å²) in [6.45, 7) is 3.55. The SMILES string of the molecule is COc1ccc2c(c1)CCC1C2=NN(/C(C)=C/C(C)=O)C1[C]1[CH][CH][CH][CH]1.[CH]1[CH][CH][CH][CH]1.[Fe+2]. The van der Waals surface area contributed by atoms with E-state index in [1.165, 1.54) is 17.0 Å². The van der Waals surface area contributed by atoms with E-state index in [-0.39, 0.29) is 28.9 Å². The largest absolute Gasteiger partial charge is 2.00 e. The van der Waals surface area contributed by atoms with Crippen molar-refractivity contribution in [1.82, 2.24) is 5.01 Å². The van der Waals surface area contributed by atoms with E-state index in [2.05, 4.69) is 37.8 Å². The van der Waals surface area contributed by atoms with Crippen LogP contribution in [0.25, 0.3) is 0 Å². The van der Waals surface area contributed by atoms with Gasteiger partial charge in [0.05, 0.1) is 18.9 Å². The summed E-state index contributed by atoms with van der Waals surface area (Å²) in [4.78, 5) is 11.6. The first-order valence-corrected chi connectivity index (χ1v) is 10.7. The molecule has 0 spiro atoms. The molecule has 1 aliphatic heterocycles. The molecule has 3 aliphatic carbocycles. The third kappa shape index (κ3) is 5.48. The van der Waals surface area contributed by atoms with Crippen molar-refractivity contribution in [3.63, 3.8) is 0 Å². The fourth-order valence-corrected chi connectivity index (χ4v) is 4.52. The van der Waals surface area contributed by atoms with Gasteiger partial charge in [-0.3, -0.25) is 9.80 Å². The van der Waals surface area contributed by atoms with Crippen LogP contribution >= 0.6 is 0 Å². The van der Waals surface area contributed by atoms with Crippen LogP contribution in [0.3, 0.4) is 0 Å². The van der Waals surface area contributed by atoms with Crippen molar-refractivity contribution in [2.75, 3.05) is 7.11 Å². The molecular formula is C27H28FeN2O2+2. The Morgan fingerprint density at radius 3 is 2.31 bits per heavy atom. The molecule has 164 valence electrons. The number of allylic oxidation sites excluding steroid dienone is 2. The Balaban J connectivity index is 0.000000427. The van der Waals surface area contributed by atoms with Crippen LogP contribution < -0.4 is 4.74 Å². The summed E-state index contributed by atoms with van der Waals surface area (Å²) in [7, 11) is 1.70. The monoisotopic (exact) mass is 468 g/mol. The van der Waals surface area contributed by atoms with Crippen molar-refractivity contribution in [3.8, 4) is 5.75 Å². The second kappa shape index (κ2) is 11.5. The molecule has 5 rings (SSSR count). The summed E-state index contributed by atoms with van der Waals surface area (Å²) >= 11 is 0. The number of ketones is 1. The van der Waals surface area contributed by atoms with Gasteiger partial charge in [0.1, 0.15) is 5.75 Å². The van der Waals surface area contributed by atoms with Gasteiger partial charge in [0, 0.05) is 29.2 Å². The van der Waals surface area contributed by atoms with E-state index < -0.39 is 0 Å². The predicted octanol–water partition coefficient (Wildman–Crippen LogP) is 4.56. The summed E-state index contributed by atoms with van der Waals surface area (Å²) in [5, 5.41) is 7.02. The smallest absolute Gasteiger partial charge is 0.497 e. The molecule has 0 aromatic heterocycles. The van der Waals surface area contributed by atoms with Gasteiger partial charge >= 0.3 is 17.1 Å². The summed E-state index contributed by atoms with van der Waals surface area (Å²) in [6, 6.07) is 6.38. The van der Waals surface area contributed by atoms with E-state index in [4.69, 9.17) is 9.84 Å². The quantitative estimate of drug-likeness (QED) is 0.481. The first-order chi connectivity index (χ1) is 15.1. The first kappa shape index (κ1) is 25.1. The summed E-state index contributed by atoms with van der Waals surface area (Å²) in [5.74, 6) is 2.51. The average molecular weight is 468 g/mol. The molecule has 2 atom stereocenters. The summed E-state index contributed by atoms with van der Waals surface area (Å²) in [6.07, 6.45) is 22.2. The van der Waals surface area contributed by atoms with Gasteiger partial charge in [-0.25, -0.2) is 0 Å². The Morgan fingerprint density at radius 1 is 1.06 bits per heavy atom. The zero-order valence-corrected chi connectivity index (χ0v) is 19.7. The first-order valence-electron chi connectivity index (χ1n) is 10.7. The zero-order chi connectivity index (χ0) is 21.8. The summed E-state index contributed by atoms with van der Waals surface area (Å²) < 4.78 is 5.38. The third-order valence-corrected chi connectivity index (χ3v) is 5.88. The van der Waals surface area contributed by atoms with Crippen LogP contribution in [-0.2, 0) is 28.3 Å². The molecule has 1 aromatic rings. The molecule has 2 unspecified atom stereocenters. The van der Waals surface area contributed by atoms with Crippen molar-refractivity contribution in [2.45, 2.75) is 32.7 Å². The molecule has 32 heavy (non-hydrogen) atoms. The fourth-order valence-electron chi connectivity index (χ4n) is 4.52. The second-order valence-corrected chi connectivity index (χ2v) is 8.02. The van der Waals surface area contributed by atoms with Crippen molar-refractivity contribution in [2.24, 2.45) is 11.0 Å². The second-order valence-electron chi connectivity index (χ2n) is 8.02. The van der Waals surface area contributed by atoms with Crippen molar-refractivity contribution in [1.29, 1.82) is 0 Å². The van der Waals surface area contributed by atoms with Gasteiger partial charge in [-0.05, 0) is 108 Å². The molecule has 0 amide bonds. The number of benzene rings is 1. The van der Waals surface area contributed by atoms with Gasteiger partial charge in [0.2, 0.25) is 0 Å². The van der Waals surface area contributed by atoms with E-state index in [1.807, 2.05) is 50.1 Å². The van der Waals surface area contributed by atoms with Crippen LogP contribution in [0.1, 0.15) is 31.4 Å². The molecule has 0 N–H and O–H groups in total. The average Bonchev–Trinajstić information content (AvgIpc) is 3.54. The Morgan fingerprint density at radius 2 is 1.72 bits per heavy atom. The predicted molar refractivity (Wildman–Crippen MR) is 123 cm³/mol. The van der Waals surface area contributed by atoms with E-state index in [0.717, 1.165) is 30.0 Å².